The van der Waals surface area contributed by atoms with Crippen molar-refractivity contribution < 1.29 is 10.2 Å². The second-order valence-electron chi connectivity index (χ2n) is 2.11. The molecule has 10 heavy (non-hydrogen) atoms. The van der Waals surface area contributed by atoms with E-state index in [4.69, 9.17) is 15.5 Å². The SMILES string of the molecule is N#CC1C=C(C(O)O)NC1. The van der Waals surface area contributed by atoms with Crippen molar-refractivity contribution in [2.45, 2.75) is 6.29 Å². The number of hydrogen-bond acceptors (Lipinski definition) is 4. The maximum Gasteiger partial charge on any atom is 0.193 e. The molecule has 0 aromatic rings. The molecule has 1 aliphatic heterocycles. The Bertz CT molecular complexity index is 192. The third-order valence-electron chi connectivity index (χ3n) is 1.35. The van der Waals surface area contributed by atoms with Gasteiger partial charge in [0.1, 0.15) is 0 Å². The van der Waals surface area contributed by atoms with Crippen molar-refractivity contribution >= 4 is 0 Å². The molecule has 4 heteroatoms. The fraction of sp³-hybridized carbons (Fsp3) is 0.500. The van der Waals surface area contributed by atoms with Crippen LogP contribution < -0.4 is 5.32 Å². The van der Waals surface area contributed by atoms with Crippen LogP contribution in [0.5, 0.6) is 0 Å². The van der Waals surface area contributed by atoms with Crippen molar-refractivity contribution in [2.75, 3.05) is 6.54 Å². The molecule has 1 heterocycles. The van der Waals surface area contributed by atoms with E-state index in [0.717, 1.165) is 0 Å². The average Bonchev–Trinajstić information content (AvgIpc) is 2.34. The zero-order chi connectivity index (χ0) is 7.56. The standard InChI is InChI=1S/C6H8N2O2/c7-2-4-1-5(6(9)10)8-3-4/h1,4,6,8-10H,3H2. The van der Waals surface area contributed by atoms with Gasteiger partial charge in [-0.05, 0) is 6.08 Å². The number of nitrogens with zero attached hydrogens (tertiary/aromatic N) is 1. The largest absolute Gasteiger partial charge is 0.383 e. The van der Waals surface area contributed by atoms with E-state index in [9.17, 15) is 0 Å². The van der Waals surface area contributed by atoms with Gasteiger partial charge in [0.05, 0.1) is 17.7 Å². The molecule has 0 spiro atoms. The van der Waals surface area contributed by atoms with Gasteiger partial charge in [-0.3, -0.25) is 0 Å². The molecule has 3 N–H and O–H groups in total. The topological polar surface area (TPSA) is 76.3 Å². The molecule has 0 aromatic carbocycles. The van der Waals surface area contributed by atoms with Crippen LogP contribution in [0.4, 0.5) is 0 Å². The van der Waals surface area contributed by atoms with Gasteiger partial charge in [-0.15, -0.1) is 0 Å². The van der Waals surface area contributed by atoms with Crippen molar-refractivity contribution in [2.24, 2.45) is 5.92 Å². The smallest absolute Gasteiger partial charge is 0.193 e. The number of aliphatic hydroxyl groups excluding tert-OH is 1. The van der Waals surface area contributed by atoms with Crippen LogP contribution >= 0.6 is 0 Å². The highest BCUT2D eigenvalue weighted by atomic mass is 16.5. The summed E-state index contributed by atoms with van der Waals surface area (Å²) in [4.78, 5) is 0. The Labute approximate surface area is 58.4 Å². The predicted molar refractivity (Wildman–Crippen MR) is 33.4 cm³/mol. The van der Waals surface area contributed by atoms with Crippen molar-refractivity contribution in [1.82, 2.24) is 5.32 Å². The predicted octanol–water partition coefficient (Wildman–Crippen LogP) is -1.08. The Morgan fingerprint density at radius 2 is 2.50 bits per heavy atom. The lowest BCUT2D eigenvalue weighted by atomic mass is 10.2. The Hall–Kier alpha value is -1.05. The van der Waals surface area contributed by atoms with Crippen LogP contribution in [-0.4, -0.2) is 23.0 Å². The molecule has 0 radical (unpaired) electrons. The molecule has 0 saturated carbocycles. The molecule has 1 aliphatic rings. The maximum absolute atomic E-state index is 8.58. The highest BCUT2D eigenvalue weighted by Gasteiger charge is 2.17. The normalized spacial score (nSPS) is 23.8. The lowest BCUT2D eigenvalue weighted by Crippen LogP contribution is -2.20. The summed E-state index contributed by atoms with van der Waals surface area (Å²) >= 11 is 0. The monoisotopic (exact) mass is 140 g/mol. The molecule has 0 aliphatic carbocycles. The molecular weight excluding hydrogens is 132 g/mol. The minimum Gasteiger partial charge on any atom is -0.383 e. The van der Waals surface area contributed by atoms with Gasteiger partial charge in [0.2, 0.25) is 0 Å². The van der Waals surface area contributed by atoms with E-state index in [0.29, 0.717) is 12.2 Å². The molecule has 0 fully saturated rings. The van der Waals surface area contributed by atoms with E-state index >= 15 is 0 Å². The molecule has 0 bridgehead atoms. The van der Waals surface area contributed by atoms with E-state index in [-0.39, 0.29) is 5.92 Å². The van der Waals surface area contributed by atoms with Gasteiger partial charge in [-0.25, -0.2) is 0 Å². The average molecular weight is 140 g/mol. The highest BCUT2D eigenvalue weighted by molar-refractivity contribution is 5.16. The number of hydrogen-bond donors (Lipinski definition) is 3. The summed E-state index contributed by atoms with van der Waals surface area (Å²) in [5.41, 5.74) is 0.326. The number of aliphatic hydroxyl groups is 2. The zero-order valence-corrected chi connectivity index (χ0v) is 5.28. The maximum atomic E-state index is 8.58. The number of nitriles is 1. The second-order valence-corrected chi connectivity index (χ2v) is 2.11. The van der Waals surface area contributed by atoms with Gasteiger partial charge in [-0.2, -0.15) is 5.26 Å². The van der Waals surface area contributed by atoms with Crippen LogP contribution in [0, 0.1) is 17.2 Å². The number of nitrogens with one attached hydrogen (secondary N) is 1. The summed E-state index contributed by atoms with van der Waals surface area (Å²) in [6.45, 7) is 0.476. The van der Waals surface area contributed by atoms with E-state index in [1.807, 2.05) is 6.07 Å². The van der Waals surface area contributed by atoms with Gasteiger partial charge in [0.25, 0.3) is 0 Å². The fourth-order valence-corrected chi connectivity index (χ4v) is 0.823. The Kier molecular flexibility index (Phi) is 1.90. The molecule has 0 aromatic heterocycles. The second kappa shape index (κ2) is 2.69. The molecule has 0 amide bonds. The lowest BCUT2D eigenvalue weighted by Gasteiger charge is -2.03. The molecular formula is C6H8N2O2. The van der Waals surface area contributed by atoms with Gasteiger partial charge in [0, 0.05) is 6.54 Å². The minimum atomic E-state index is -1.47. The van der Waals surface area contributed by atoms with E-state index in [2.05, 4.69) is 5.32 Å². The van der Waals surface area contributed by atoms with Crippen LogP contribution in [0.1, 0.15) is 0 Å². The summed E-state index contributed by atoms with van der Waals surface area (Å²) < 4.78 is 0. The van der Waals surface area contributed by atoms with Crippen LogP contribution in [-0.2, 0) is 0 Å². The molecule has 1 atom stereocenters. The van der Waals surface area contributed by atoms with Gasteiger partial charge < -0.3 is 15.5 Å². The molecule has 1 unspecified atom stereocenters. The van der Waals surface area contributed by atoms with Crippen LogP contribution in [0.15, 0.2) is 11.8 Å². The van der Waals surface area contributed by atoms with Crippen molar-refractivity contribution in [1.29, 1.82) is 5.26 Å². The van der Waals surface area contributed by atoms with Crippen molar-refractivity contribution in [3.63, 3.8) is 0 Å². The summed E-state index contributed by atoms with van der Waals surface area (Å²) in [5.74, 6) is -0.225. The Morgan fingerprint density at radius 1 is 1.80 bits per heavy atom. The van der Waals surface area contributed by atoms with Crippen LogP contribution in [0.2, 0.25) is 0 Å². The first kappa shape index (κ1) is 7.06. The summed E-state index contributed by atoms with van der Waals surface area (Å²) in [6, 6.07) is 1.99. The fourth-order valence-electron chi connectivity index (χ4n) is 0.823. The highest BCUT2D eigenvalue weighted by Crippen LogP contribution is 2.09. The van der Waals surface area contributed by atoms with Crippen LogP contribution in [0.25, 0.3) is 0 Å². The lowest BCUT2D eigenvalue weighted by molar-refractivity contribution is -0.0117. The summed E-state index contributed by atoms with van der Waals surface area (Å²) in [7, 11) is 0. The molecule has 1 rings (SSSR count). The van der Waals surface area contributed by atoms with E-state index < -0.39 is 6.29 Å². The molecule has 0 saturated heterocycles. The van der Waals surface area contributed by atoms with Crippen molar-refractivity contribution in [3.8, 4) is 6.07 Å². The first-order chi connectivity index (χ1) is 4.74. The Balaban J connectivity index is 2.59. The number of rotatable bonds is 1. The molecule has 4 nitrogen and oxygen atoms in total. The van der Waals surface area contributed by atoms with E-state index in [1.165, 1.54) is 6.08 Å². The van der Waals surface area contributed by atoms with Gasteiger partial charge in [0.15, 0.2) is 6.29 Å². The van der Waals surface area contributed by atoms with Crippen molar-refractivity contribution in [3.05, 3.63) is 11.8 Å². The van der Waals surface area contributed by atoms with Gasteiger partial charge >= 0.3 is 0 Å². The van der Waals surface area contributed by atoms with Crippen LogP contribution in [0.3, 0.4) is 0 Å². The summed E-state index contributed by atoms with van der Waals surface area (Å²) in [6.07, 6.45) is 0.0448. The third kappa shape index (κ3) is 1.26. The first-order valence-electron chi connectivity index (χ1n) is 2.95. The zero-order valence-electron chi connectivity index (χ0n) is 5.28. The van der Waals surface area contributed by atoms with Gasteiger partial charge in [-0.1, -0.05) is 0 Å². The van der Waals surface area contributed by atoms with E-state index in [1.54, 1.807) is 0 Å². The third-order valence-corrected chi connectivity index (χ3v) is 1.35. The Morgan fingerprint density at radius 3 is 2.80 bits per heavy atom. The molecule has 54 valence electrons. The summed E-state index contributed by atoms with van der Waals surface area (Å²) in [5, 5.41) is 28.2. The minimum absolute atomic E-state index is 0.225. The quantitative estimate of drug-likeness (QED) is 0.405. The first-order valence-corrected chi connectivity index (χ1v) is 2.95.